The van der Waals surface area contributed by atoms with Crippen LogP contribution < -0.4 is 0 Å². The summed E-state index contributed by atoms with van der Waals surface area (Å²) < 4.78 is 0. The van der Waals surface area contributed by atoms with Gasteiger partial charge in [0.1, 0.15) is 0 Å². The highest BCUT2D eigenvalue weighted by molar-refractivity contribution is 4.83. The minimum atomic E-state index is -0.472. The molecule has 1 saturated carbocycles. The molecule has 1 aliphatic rings. The molecule has 0 aliphatic heterocycles. The van der Waals surface area contributed by atoms with E-state index in [4.69, 9.17) is 10.2 Å². The molecule has 3 atom stereocenters. The van der Waals surface area contributed by atoms with E-state index in [2.05, 4.69) is 6.92 Å². The quantitative estimate of drug-likeness (QED) is 0.580. The fourth-order valence-electron chi connectivity index (χ4n) is 1.15. The smallest absolute Gasteiger partial charge is 0.0773 e. The number of hydrogen-bond donors (Lipinski definition) is 2. The zero-order valence-electron chi connectivity index (χ0n) is 5.75. The zero-order chi connectivity index (χ0) is 6.85. The lowest BCUT2D eigenvalue weighted by atomic mass is 10.2. The van der Waals surface area contributed by atoms with Gasteiger partial charge in [-0.2, -0.15) is 0 Å². The van der Waals surface area contributed by atoms with Crippen molar-refractivity contribution in [2.75, 3.05) is 6.61 Å². The van der Waals surface area contributed by atoms with E-state index in [1.165, 1.54) is 6.42 Å². The second kappa shape index (κ2) is 2.67. The molecule has 0 aromatic carbocycles. The molecule has 1 rings (SSSR count). The Morgan fingerprint density at radius 3 is 2.56 bits per heavy atom. The molecule has 0 heterocycles. The Morgan fingerprint density at radius 2 is 2.22 bits per heavy atom. The minimum absolute atomic E-state index is 0.0801. The summed E-state index contributed by atoms with van der Waals surface area (Å²) in [7, 11) is 0. The van der Waals surface area contributed by atoms with Crippen molar-refractivity contribution in [1.29, 1.82) is 0 Å². The van der Waals surface area contributed by atoms with Crippen molar-refractivity contribution >= 4 is 0 Å². The Hall–Kier alpha value is -0.0800. The average molecular weight is 130 g/mol. The standard InChI is InChI=1S/C7H14O2/c1-5-2-6(5)3-7(9)4-8/h5-9H,2-4H2,1H3. The molecular formula is C7H14O2. The van der Waals surface area contributed by atoms with Crippen LogP contribution in [0.4, 0.5) is 0 Å². The summed E-state index contributed by atoms with van der Waals surface area (Å²) in [6.45, 7) is 2.10. The third-order valence-corrected chi connectivity index (χ3v) is 2.06. The van der Waals surface area contributed by atoms with Gasteiger partial charge < -0.3 is 10.2 Å². The van der Waals surface area contributed by atoms with Crippen LogP contribution in [0, 0.1) is 11.8 Å². The summed E-state index contributed by atoms with van der Waals surface area (Å²) in [5.41, 5.74) is 0. The molecule has 0 radical (unpaired) electrons. The van der Waals surface area contributed by atoms with Gasteiger partial charge in [-0.15, -0.1) is 0 Å². The third kappa shape index (κ3) is 1.95. The normalized spacial score (nSPS) is 36.3. The molecule has 2 N–H and O–H groups in total. The highest BCUT2D eigenvalue weighted by Gasteiger charge is 2.33. The Morgan fingerprint density at radius 1 is 1.67 bits per heavy atom. The number of hydrogen-bond acceptors (Lipinski definition) is 2. The third-order valence-electron chi connectivity index (χ3n) is 2.06. The minimum Gasteiger partial charge on any atom is -0.394 e. The number of rotatable bonds is 3. The summed E-state index contributed by atoms with van der Waals surface area (Å²) in [5, 5.41) is 17.4. The van der Waals surface area contributed by atoms with Crippen molar-refractivity contribution in [2.24, 2.45) is 11.8 Å². The Labute approximate surface area is 55.5 Å². The lowest BCUT2D eigenvalue weighted by molar-refractivity contribution is 0.0827. The van der Waals surface area contributed by atoms with Crippen LogP contribution in [0.15, 0.2) is 0 Å². The predicted octanol–water partition coefficient (Wildman–Crippen LogP) is 0.386. The molecule has 1 fully saturated rings. The summed E-state index contributed by atoms with van der Waals surface area (Å²) in [5.74, 6) is 1.47. The SMILES string of the molecule is CC1CC1CC(O)CO. The van der Waals surface area contributed by atoms with Crippen LogP contribution in [0.1, 0.15) is 19.8 Å². The van der Waals surface area contributed by atoms with Gasteiger partial charge in [-0.3, -0.25) is 0 Å². The molecule has 0 aromatic heterocycles. The maximum absolute atomic E-state index is 8.94. The molecule has 3 unspecified atom stereocenters. The highest BCUT2D eigenvalue weighted by atomic mass is 16.3. The molecule has 2 nitrogen and oxygen atoms in total. The summed E-state index contributed by atoms with van der Waals surface area (Å²) >= 11 is 0. The van der Waals surface area contributed by atoms with Gasteiger partial charge in [0.15, 0.2) is 0 Å². The van der Waals surface area contributed by atoms with Gasteiger partial charge in [-0.1, -0.05) is 6.92 Å². The van der Waals surface area contributed by atoms with Crippen LogP contribution in [0.2, 0.25) is 0 Å². The first-order valence-corrected chi connectivity index (χ1v) is 3.53. The van der Waals surface area contributed by atoms with Gasteiger partial charge in [-0.05, 0) is 24.7 Å². The van der Waals surface area contributed by atoms with Crippen molar-refractivity contribution in [2.45, 2.75) is 25.9 Å². The second-order valence-corrected chi connectivity index (χ2v) is 3.05. The van der Waals surface area contributed by atoms with Gasteiger partial charge in [0, 0.05) is 0 Å². The van der Waals surface area contributed by atoms with Crippen molar-refractivity contribution in [3.8, 4) is 0 Å². The van der Waals surface area contributed by atoms with Gasteiger partial charge >= 0.3 is 0 Å². The fraction of sp³-hybridized carbons (Fsp3) is 1.00. The van der Waals surface area contributed by atoms with E-state index >= 15 is 0 Å². The topological polar surface area (TPSA) is 40.5 Å². The van der Waals surface area contributed by atoms with Crippen molar-refractivity contribution in [3.63, 3.8) is 0 Å². The van der Waals surface area contributed by atoms with Crippen LogP contribution in [0.5, 0.6) is 0 Å². The van der Waals surface area contributed by atoms with E-state index in [1.54, 1.807) is 0 Å². The van der Waals surface area contributed by atoms with E-state index < -0.39 is 6.10 Å². The first-order chi connectivity index (χ1) is 4.24. The lowest BCUT2D eigenvalue weighted by Crippen LogP contribution is -2.12. The van der Waals surface area contributed by atoms with Crippen LogP contribution in [0.25, 0.3) is 0 Å². The summed E-state index contributed by atoms with van der Waals surface area (Å²) in [4.78, 5) is 0. The molecule has 9 heavy (non-hydrogen) atoms. The Bertz CT molecular complexity index is 90.9. The van der Waals surface area contributed by atoms with Gasteiger partial charge in [0.2, 0.25) is 0 Å². The highest BCUT2D eigenvalue weighted by Crippen LogP contribution is 2.41. The Kier molecular flexibility index (Phi) is 2.09. The van der Waals surface area contributed by atoms with Crippen LogP contribution in [-0.2, 0) is 0 Å². The molecular weight excluding hydrogens is 116 g/mol. The molecule has 0 spiro atoms. The van der Waals surface area contributed by atoms with Crippen LogP contribution in [-0.4, -0.2) is 22.9 Å². The fourth-order valence-corrected chi connectivity index (χ4v) is 1.15. The molecule has 0 saturated heterocycles. The molecule has 0 amide bonds. The van der Waals surface area contributed by atoms with Gasteiger partial charge in [0.25, 0.3) is 0 Å². The largest absolute Gasteiger partial charge is 0.394 e. The van der Waals surface area contributed by atoms with E-state index in [1.807, 2.05) is 0 Å². The average Bonchev–Trinajstić information content (AvgIpc) is 2.47. The van der Waals surface area contributed by atoms with E-state index in [-0.39, 0.29) is 6.61 Å². The zero-order valence-corrected chi connectivity index (χ0v) is 5.75. The first kappa shape index (κ1) is 7.03. The van der Waals surface area contributed by atoms with Crippen LogP contribution >= 0.6 is 0 Å². The first-order valence-electron chi connectivity index (χ1n) is 3.53. The molecule has 0 bridgehead atoms. The Balaban J connectivity index is 2.05. The second-order valence-electron chi connectivity index (χ2n) is 3.05. The molecule has 0 aromatic rings. The molecule has 2 heteroatoms. The maximum Gasteiger partial charge on any atom is 0.0773 e. The van der Waals surface area contributed by atoms with Crippen molar-refractivity contribution in [1.82, 2.24) is 0 Å². The van der Waals surface area contributed by atoms with E-state index in [0.29, 0.717) is 5.92 Å². The summed E-state index contributed by atoms with van der Waals surface area (Å²) in [6.07, 6.45) is 1.55. The predicted molar refractivity (Wildman–Crippen MR) is 35.0 cm³/mol. The number of aliphatic hydroxyl groups excluding tert-OH is 2. The molecule has 54 valence electrons. The summed E-state index contributed by atoms with van der Waals surface area (Å²) in [6, 6.07) is 0. The lowest BCUT2D eigenvalue weighted by Gasteiger charge is -2.03. The van der Waals surface area contributed by atoms with E-state index in [0.717, 1.165) is 12.3 Å². The number of aliphatic hydroxyl groups is 2. The van der Waals surface area contributed by atoms with Crippen molar-refractivity contribution < 1.29 is 10.2 Å². The molecule has 1 aliphatic carbocycles. The van der Waals surface area contributed by atoms with Crippen molar-refractivity contribution in [3.05, 3.63) is 0 Å². The maximum atomic E-state index is 8.94. The van der Waals surface area contributed by atoms with Crippen LogP contribution in [0.3, 0.4) is 0 Å². The monoisotopic (exact) mass is 130 g/mol. The van der Waals surface area contributed by atoms with Gasteiger partial charge in [0.05, 0.1) is 12.7 Å². The van der Waals surface area contributed by atoms with E-state index in [9.17, 15) is 0 Å². The van der Waals surface area contributed by atoms with Gasteiger partial charge in [-0.25, -0.2) is 0 Å².